The average Bonchev–Trinajstić information content (AvgIpc) is 3.28. The number of aromatic nitrogens is 2. The van der Waals surface area contributed by atoms with Crippen LogP contribution in [0, 0.1) is 6.92 Å². The monoisotopic (exact) mass is 449 g/mol. The molecule has 2 aliphatic rings. The summed E-state index contributed by atoms with van der Waals surface area (Å²) in [5.74, 6) is 2.65. The zero-order chi connectivity index (χ0) is 23.1. The van der Waals surface area contributed by atoms with E-state index in [1.807, 2.05) is 6.92 Å². The fourth-order valence-corrected chi connectivity index (χ4v) is 4.55. The van der Waals surface area contributed by atoms with E-state index in [0.717, 1.165) is 37.1 Å². The van der Waals surface area contributed by atoms with Crippen molar-refractivity contribution in [1.82, 2.24) is 20.6 Å². The Morgan fingerprint density at radius 3 is 2.42 bits per heavy atom. The van der Waals surface area contributed by atoms with Crippen LogP contribution in [0.2, 0.25) is 0 Å². The number of hydrogen-bond donors (Lipinski definition) is 3. The smallest absolute Gasteiger partial charge is 0.222 e. The lowest BCUT2D eigenvalue weighted by atomic mass is 9.92. The van der Waals surface area contributed by atoms with Gasteiger partial charge in [-0.3, -0.25) is 4.79 Å². The number of nitrogens with zero attached hydrogens (tertiary/aromatic N) is 2. The summed E-state index contributed by atoms with van der Waals surface area (Å²) in [5.41, 5.74) is 9.11. The third-order valence-corrected chi connectivity index (χ3v) is 6.25. The minimum Gasteiger partial charge on any atom is -0.493 e. The highest BCUT2D eigenvalue weighted by atomic mass is 16.5. The van der Waals surface area contributed by atoms with Gasteiger partial charge in [-0.15, -0.1) is 0 Å². The Kier molecular flexibility index (Phi) is 5.32. The Balaban J connectivity index is 1.61. The summed E-state index contributed by atoms with van der Waals surface area (Å²) in [6, 6.07) is 5.87. The van der Waals surface area contributed by atoms with Gasteiger partial charge in [0.15, 0.2) is 23.1 Å². The molecule has 0 saturated carbocycles. The fraction of sp³-hybridized carbons (Fsp3) is 0.375. The largest absolute Gasteiger partial charge is 0.493 e. The number of carbonyl (C=O) groups is 1. The van der Waals surface area contributed by atoms with Crippen LogP contribution in [0.3, 0.4) is 0 Å². The van der Waals surface area contributed by atoms with Gasteiger partial charge in [-0.25, -0.2) is 9.97 Å². The minimum atomic E-state index is -0.635. The maximum absolute atomic E-state index is 13.5. The Labute approximate surface area is 191 Å². The molecule has 33 heavy (non-hydrogen) atoms. The van der Waals surface area contributed by atoms with Gasteiger partial charge in [-0.05, 0) is 50.8 Å². The molecule has 0 bridgehead atoms. The molecular weight excluding hydrogens is 422 g/mol. The molecule has 5 rings (SSSR count). The molecule has 0 radical (unpaired) electrons. The van der Waals surface area contributed by atoms with Crippen molar-refractivity contribution in [3.8, 4) is 11.5 Å². The van der Waals surface area contributed by atoms with Crippen molar-refractivity contribution in [2.75, 3.05) is 20.0 Å². The number of fused-ring (bicyclic) bond motifs is 1. The maximum atomic E-state index is 13.5. The van der Waals surface area contributed by atoms with Crippen LogP contribution in [0.15, 0.2) is 40.1 Å². The molecule has 1 aliphatic carbocycles. The highest BCUT2D eigenvalue weighted by Gasteiger charge is 2.39. The second-order valence-electron chi connectivity index (χ2n) is 8.37. The van der Waals surface area contributed by atoms with Gasteiger partial charge < -0.3 is 30.3 Å². The summed E-state index contributed by atoms with van der Waals surface area (Å²) in [6.45, 7) is 1.82. The molecule has 1 aromatic carbocycles. The highest BCUT2D eigenvalue weighted by Crippen LogP contribution is 2.36. The Morgan fingerprint density at radius 1 is 1.06 bits per heavy atom. The molecule has 9 nitrogen and oxygen atoms in total. The number of carbonyl (C=O) groups excluding carboxylic acids is 1. The zero-order valence-corrected chi connectivity index (χ0v) is 18.9. The number of rotatable bonds is 5. The van der Waals surface area contributed by atoms with E-state index in [-0.39, 0.29) is 5.78 Å². The van der Waals surface area contributed by atoms with Crippen molar-refractivity contribution in [3.05, 3.63) is 53.0 Å². The molecule has 172 valence electrons. The molecule has 4 N–H and O–H groups in total. The van der Waals surface area contributed by atoms with E-state index in [9.17, 15) is 4.79 Å². The predicted molar refractivity (Wildman–Crippen MR) is 123 cm³/mol. The lowest BCUT2D eigenvalue weighted by Crippen LogP contribution is -2.52. The molecule has 3 heterocycles. The van der Waals surface area contributed by atoms with Crippen LogP contribution < -0.4 is 25.8 Å². The molecule has 0 saturated heterocycles. The van der Waals surface area contributed by atoms with E-state index in [0.29, 0.717) is 45.6 Å². The van der Waals surface area contributed by atoms with Crippen molar-refractivity contribution < 1.29 is 18.7 Å². The molecule has 2 unspecified atom stereocenters. The van der Waals surface area contributed by atoms with E-state index < -0.39 is 12.1 Å². The number of nitrogens with one attached hydrogen (secondary N) is 2. The second kappa shape index (κ2) is 8.31. The van der Waals surface area contributed by atoms with Gasteiger partial charge in [0.1, 0.15) is 23.7 Å². The summed E-state index contributed by atoms with van der Waals surface area (Å²) in [7, 11) is 3.13. The average molecular weight is 450 g/mol. The SMILES string of the molecule is COc1cc2nc(C3NC4=C(CCCC4)NC3C(=O)c3ccc(C)o3)nc(N)c2cc1OC. The summed E-state index contributed by atoms with van der Waals surface area (Å²) in [4.78, 5) is 22.8. The summed E-state index contributed by atoms with van der Waals surface area (Å²) in [5, 5.41) is 7.66. The van der Waals surface area contributed by atoms with E-state index in [1.54, 1.807) is 38.5 Å². The zero-order valence-electron chi connectivity index (χ0n) is 18.9. The van der Waals surface area contributed by atoms with Crippen molar-refractivity contribution in [3.63, 3.8) is 0 Å². The van der Waals surface area contributed by atoms with Crippen LogP contribution in [-0.2, 0) is 0 Å². The van der Waals surface area contributed by atoms with Gasteiger partial charge in [0.2, 0.25) is 5.78 Å². The number of methoxy groups -OCH3 is 2. The van der Waals surface area contributed by atoms with Gasteiger partial charge in [0.25, 0.3) is 0 Å². The molecule has 0 spiro atoms. The number of anilines is 1. The summed E-state index contributed by atoms with van der Waals surface area (Å²) < 4.78 is 16.5. The van der Waals surface area contributed by atoms with Crippen LogP contribution in [-0.4, -0.2) is 36.0 Å². The van der Waals surface area contributed by atoms with Gasteiger partial charge in [-0.2, -0.15) is 0 Å². The normalized spacial score (nSPS) is 20.1. The van der Waals surface area contributed by atoms with Crippen LogP contribution in [0.25, 0.3) is 10.9 Å². The number of hydrogen-bond acceptors (Lipinski definition) is 9. The minimum absolute atomic E-state index is 0.160. The lowest BCUT2D eigenvalue weighted by molar-refractivity contribution is 0.0887. The van der Waals surface area contributed by atoms with E-state index in [1.165, 1.54) is 0 Å². The van der Waals surface area contributed by atoms with Crippen LogP contribution in [0.5, 0.6) is 11.5 Å². The third-order valence-electron chi connectivity index (χ3n) is 6.25. The fourth-order valence-electron chi connectivity index (χ4n) is 4.55. The molecule has 3 aromatic rings. The number of nitrogen functional groups attached to an aromatic ring is 1. The van der Waals surface area contributed by atoms with Crippen molar-refractivity contribution in [2.45, 2.75) is 44.7 Å². The number of ether oxygens (including phenoxy) is 2. The lowest BCUT2D eigenvalue weighted by Gasteiger charge is -2.37. The van der Waals surface area contributed by atoms with Crippen LogP contribution in [0.4, 0.5) is 5.82 Å². The van der Waals surface area contributed by atoms with Crippen LogP contribution >= 0.6 is 0 Å². The van der Waals surface area contributed by atoms with Crippen molar-refractivity contribution in [2.24, 2.45) is 0 Å². The summed E-state index contributed by atoms with van der Waals surface area (Å²) in [6.07, 6.45) is 3.98. The second-order valence-corrected chi connectivity index (χ2v) is 8.37. The number of Topliss-reactive ketones (excluding diaryl/α,β-unsaturated/α-hetero) is 1. The Morgan fingerprint density at radius 2 is 1.76 bits per heavy atom. The van der Waals surface area contributed by atoms with Gasteiger partial charge in [0, 0.05) is 22.8 Å². The molecule has 2 atom stereocenters. The molecule has 2 aromatic heterocycles. The highest BCUT2D eigenvalue weighted by molar-refractivity contribution is 5.99. The van der Waals surface area contributed by atoms with Crippen LogP contribution in [0.1, 0.15) is 53.9 Å². The maximum Gasteiger partial charge on any atom is 0.222 e. The number of furan rings is 1. The molecule has 0 amide bonds. The Hall–Kier alpha value is -3.75. The van der Waals surface area contributed by atoms with Gasteiger partial charge in [-0.1, -0.05) is 0 Å². The first-order valence-electron chi connectivity index (χ1n) is 11.0. The van der Waals surface area contributed by atoms with E-state index in [4.69, 9.17) is 24.6 Å². The Bertz CT molecular complexity index is 1270. The van der Waals surface area contributed by atoms with Gasteiger partial charge >= 0.3 is 0 Å². The number of ketones is 1. The molecule has 1 aliphatic heterocycles. The van der Waals surface area contributed by atoms with Gasteiger partial charge in [0.05, 0.1) is 19.7 Å². The molecule has 0 fully saturated rings. The first kappa shape index (κ1) is 21.1. The van der Waals surface area contributed by atoms with Crippen molar-refractivity contribution in [1.29, 1.82) is 0 Å². The number of allylic oxidation sites excluding steroid dienone is 2. The summed E-state index contributed by atoms with van der Waals surface area (Å²) >= 11 is 0. The number of nitrogens with two attached hydrogens (primary N) is 1. The predicted octanol–water partition coefficient (Wildman–Crippen LogP) is 3.40. The standard InChI is InChI=1S/C24H27N5O4/c1-12-8-9-17(33-12)22(30)20-21(27-15-7-5-4-6-14(15)26-20)24-28-16-11-19(32-3)18(31-2)10-13(16)23(25)29-24/h8-11,20-21,26-27H,4-7H2,1-3H3,(H2,25,28,29). The quantitative estimate of drug-likeness (QED) is 0.503. The first-order valence-corrected chi connectivity index (χ1v) is 11.0. The topological polar surface area (TPSA) is 125 Å². The van der Waals surface area contributed by atoms with Crippen molar-refractivity contribution >= 4 is 22.5 Å². The molecule has 9 heteroatoms. The third kappa shape index (κ3) is 3.73. The number of aryl methyl sites for hydroxylation is 1. The first-order chi connectivity index (χ1) is 16.0. The van der Waals surface area contributed by atoms with E-state index >= 15 is 0 Å². The molecular formula is C24H27N5O4. The van der Waals surface area contributed by atoms with E-state index in [2.05, 4.69) is 15.6 Å². The number of benzene rings is 1.